The fourth-order valence-electron chi connectivity index (χ4n) is 5.36. The molecule has 0 N–H and O–H groups in total. The molecule has 0 radical (unpaired) electrons. The molecule has 1 unspecified atom stereocenters. The van der Waals surface area contributed by atoms with Crippen LogP contribution in [0.25, 0.3) is 5.57 Å². The molecule has 0 saturated carbocycles. The van der Waals surface area contributed by atoms with Gasteiger partial charge in [-0.1, -0.05) is 54.3 Å². The molecule has 170 valence electrons. The van der Waals surface area contributed by atoms with Gasteiger partial charge in [0.1, 0.15) is 0 Å². The second-order valence-electron chi connectivity index (χ2n) is 10.8. The van der Waals surface area contributed by atoms with Crippen LogP contribution in [0.4, 0.5) is 0 Å². The second kappa shape index (κ2) is 10.3. The van der Waals surface area contributed by atoms with Crippen molar-refractivity contribution in [3.05, 3.63) is 63.8 Å². The zero-order valence-electron chi connectivity index (χ0n) is 21.1. The lowest BCUT2D eigenvalue weighted by atomic mass is 9.86. The Morgan fingerprint density at radius 2 is 1.45 bits per heavy atom. The Morgan fingerprint density at radius 1 is 0.806 bits per heavy atom. The van der Waals surface area contributed by atoms with Crippen LogP contribution in [0.5, 0.6) is 0 Å². The highest BCUT2D eigenvalue weighted by Crippen LogP contribution is 2.44. The Labute approximate surface area is 191 Å². The van der Waals surface area contributed by atoms with Crippen LogP contribution in [0.2, 0.25) is 0 Å². The number of rotatable bonds is 10. The lowest BCUT2D eigenvalue weighted by Crippen LogP contribution is -2.19. The maximum atomic E-state index is 5.85. The molecule has 1 aromatic carbocycles. The van der Waals surface area contributed by atoms with Gasteiger partial charge in [0, 0.05) is 18.4 Å². The summed E-state index contributed by atoms with van der Waals surface area (Å²) in [5.74, 6) is 1.24. The Kier molecular flexibility index (Phi) is 8.03. The molecule has 0 aromatic heterocycles. The van der Waals surface area contributed by atoms with Gasteiger partial charge in [-0.2, -0.15) is 0 Å². The predicted octanol–water partition coefficient (Wildman–Crippen LogP) is 9.02. The molecule has 0 saturated heterocycles. The molecule has 0 heterocycles. The minimum Gasteiger partial charge on any atom is -0.376 e. The molecule has 3 rings (SSSR count). The van der Waals surface area contributed by atoms with Gasteiger partial charge in [0.25, 0.3) is 0 Å². The van der Waals surface area contributed by atoms with E-state index < -0.39 is 0 Å². The van der Waals surface area contributed by atoms with E-state index in [4.69, 9.17) is 4.74 Å². The van der Waals surface area contributed by atoms with Crippen LogP contribution in [0, 0.1) is 5.92 Å². The monoisotopic (exact) mass is 420 g/mol. The van der Waals surface area contributed by atoms with E-state index in [1.807, 2.05) is 0 Å². The van der Waals surface area contributed by atoms with Crippen LogP contribution in [0.15, 0.2) is 52.6 Å². The van der Waals surface area contributed by atoms with Gasteiger partial charge in [0.2, 0.25) is 0 Å². The van der Waals surface area contributed by atoms with E-state index in [0.29, 0.717) is 11.8 Å². The molecule has 1 nitrogen and oxygen atoms in total. The standard InChI is InChI=1S/C30H44O/c1-21-22(2)24(4)27(23(21)3)18-17-26-20-25(28-15-11-12-16-29(26)28)14-10-8-9-13-19-31-30(5,6)7/h11-12,15-16,20,26-27H,8-10,13-14,17-19H2,1-7H3. The van der Waals surface area contributed by atoms with Crippen LogP contribution >= 0.6 is 0 Å². The highest BCUT2D eigenvalue weighted by atomic mass is 16.5. The minimum atomic E-state index is -0.00800. The molecule has 0 spiro atoms. The first kappa shape index (κ1) is 24.1. The zero-order valence-corrected chi connectivity index (χ0v) is 21.1. The Bertz CT molecular complexity index is 835. The van der Waals surface area contributed by atoms with Gasteiger partial charge in [-0.25, -0.2) is 0 Å². The van der Waals surface area contributed by atoms with Crippen LogP contribution in [-0.4, -0.2) is 12.2 Å². The molecule has 0 aliphatic heterocycles. The highest BCUT2D eigenvalue weighted by Gasteiger charge is 2.27. The summed E-state index contributed by atoms with van der Waals surface area (Å²) in [6.45, 7) is 16.6. The van der Waals surface area contributed by atoms with Gasteiger partial charge in [-0.3, -0.25) is 0 Å². The number of allylic oxidation sites excluding steroid dienone is 6. The van der Waals surface area contributed by atoms with Crippen molar-refractivity contribution in [2.45, 2.75) is 105 Å². The fourth-order valence-corrected chi connectivity index (χ4v) is 5.36. The first-order valence-corrected chi connectivity index (χ1v) is 12.5. The quantitative estimate of drug-likeness (QED) is 0.343. The number of hydrogen-bond acceptors (Lipinski definition) is 1. The van der Waals surface area contributed by atoms with Crippen molar-refractivity contribution in [3.8, 4) is 0 Å². The zero-order chi connectivity index (χ0) is 22.6. The minimum absolute atomic E-state index is 0.00800. The molecule has 1 heteroatoms. The van der Waals surface area contributed by atoms with Crippen LogP contribution in [0.3, 0.4) is 0 Å². The summed E-state index contributed by atoms with van der Waals surface area (Å²) < 4.78 is 5.85. The second-order valence-corrected chi connectivity index (χ2v) is 10.8. The summed E-state index contributed by atoms with van der Waals surface area (Å²) >= 11 is 0. The Morgan fingerprint density at radius 3 is 2.13 bits per heavy atom. The van der Waals surface area contributed by atoms with Crippen molar-refractivity contribution in [1.29, 1.82) is 0 Å². The van der Waals surface area contributed by atoms with Crippen molar-refractivity contribution in [1.82, 2.24) is 0 Å². The third-order valence-corrected chi connectivity index (χ3v) is 7.54. The molecule has 2 aliphatic rings. The van der Waals surface area contributed by atoms with Crippen molar-refractivity contribution in [2.75, 3.05) is 6.61 Å². The summed E-state index contributed by atoms with van der Waals surface area (Å²) in [7, 11) is 0. The van der Waals surface area contributed by atoms with Gasteiger partial charge >= 0.3 is 0 Å². The van der Waals surface area contributed by atoms with Crippen LogP contribution in [-0.2, 0) is 4.74 Å². The van der Waals surface area contributed by atoms with Gasteiger partial charge in [-0.15, -0.1) is 0 Å². The third-order valence-electron chi connectivity index (χ3n) is 7.54. The summed E-state index contributed by atoms with van der Waals surface area (Å²) in [5.41, 5.74) is 10.9. The first-order chi connectivity index (χ1) is 14.7. The van der Waals surface area contributed by atoms with Crippen molar-refractivity contribution < 1.29 is 4.74 Å². The summed E-state index contributed by atoms with van der Waals surface area (Å²) in [5, 5.41) is 0. The maximum absolute atomic E-state index is 5.85. The molecular weight excluding hydrogens is 376 g/mol. The summed E-state index contributed by atoms with van der Waals surface area (Å²) in [4.78, 5) is 0. The van der Waals surface area contributed by atoms with Gasteiger partial charge in [0.15, 0.2) is 0 Å². The largest absolute Gasteiger partial charge is 0.376 e. The topological polar surface area (TPSA) is 9.23 Å². The van der Waals surface area contributed by atoms with Crippen LogP contribution in [0.1, 0.15) is 110 Å². The van der Waals surface area contributed by atoms with Crippen molar-refractivity contribution >= 4 is 5.57 Å². The molecule has 2 aliphatic carbocycles. The molecule has 1 atom stereocenters. The Balaban J connectivity index is 1.52. The smallest absolute Gasteiger partial charge is 0.0598 e. The lowest BCUT2D eigenvalue weighted by Gasteiger charge is -2.19. The molecule has 0 bridgehead atoms. The summed E-state index contributed by atoms with van der Waals surface area (Å²) in [6.07, 6.45) is 11.4. The average Bonchev–Trinajstić information content (AvgIpc) is 3.16. The average molecular weight is 421 g/mol. The molecular formula is C30H44O. The van der Waals surface area contributed by atoms with E-state index in [0.717, 1.165) is 6.61 Å². The molecule has 0 amide bonds. The van der Waals surface area contributed by atoms with Crippen molar-refractivity contribution in [3.63, 3.8) is 0 Å². The predicted molar refractivity (Wildman–Crippen MR) is 135 cm³/mol. The molecule has 31 heavy (non-hydrogen) atoms. The number of benzene rings is 1. The maximum Gasteiger partial charge on any atom is 0.0598 e. The van der Waals surface area contributed by atoms with Gasteiger partial charge < -0.3 is 4.74 Å². The SMILES string of the molecule is CC1=C(C)C(CCC2C=C(CCCCCCOC(C)(C)C)c3ccccc32)C(C)=C1C. The number of fused-ring (bicyclic) bond motifs is 1. The highest BCUT2D eigenvalue weighted by molar-refractivity contribution is 5.74. The first-order valence-electron chi connectivity index (χ1n) is 12.5. The van der Waals surface area contributed by atoms with E-state index in [1.54, 1.807) is 22.3 Å². The normalized spacial score (nSPS) is 19.5. The Hall–Kier alpha value is -1.60. The van der Waals surface area contributed by atoms with E-state index in [1.165, 1.54) is 61.7 Å². The number of ether oxygens (including phenoxy) is 1. The number of unbranched alkanes of at least 4 members (excludes halogenated alkanes) is 3. The van der Waals surface area contributed by atoms with Crippen molar-refractivity contribution in [2.24, 2.45) is 5.92 Å². The van der Waals surface area contributed by atoms with E-state index in [9.17, 15) is 0 Å². The van der Waals surface area contributed by atoms with Crippen LogP contribution < -0.4 is 0 Å². The third kappa shape index (κ3) is 6.01. The van der Waals surface area contributed by atoms with Gasteiger partial charge in [-0.05, 0) is 108 Å². The lowest BCUT2D eigenvalue weighted by molar-refractivity contribution is -0.00472. The van der Waals surface area contributed by atoms with Gasteiger partial charge in [0.05, 0.1) is 5.60 Å². The molecule has 1 aromatic rings. The summed E-state index contributed by atoms with van der Waals surface area (Å²) in [6, 6.07) is 9.14. The van der Waals surface area contributed by atoms with E-state index >= 15 is 0 Å². The van der Waals surface area contributed by atoms with E-state index in [-0.39, 0.29) is 5.60 Å². The van der Waals surface area contributed by atoms with E-state index in [2.05, 4.69) is 78.8 Å². The number of hydrogen-bond donors (Lipinski definition) is 0. The fraction of sp³-hybridized carbons (Fsp3) is 0.600. The molecule has 0 fully saturated rings.